The average Bonchev–Trinajstić information content (AvgIpc) is 3.30. The monoisotopic (exact) mass is 914 g/mol. The summed E-state index contributed by atoms with van der Waals surface area (Å²) in [6.45, 7) is 11.3. The molecule has 12 nitrogen and oxygen atoms in total. The first kappa shape index (κ1) is 51.7. The molecule has 0 aliphatic heterocycles. The standard InChI is InChI=1S/C55H71N5O7/c1-36(2)27-30-65-49-25-23-40-13-6-8-16-45(40)51(49)52-46-17-9-7-14-41(46)24-26-50(52)66-35-44(61)32-42(15-10-11-28-56)53(63)60-47(18-12-29-59-55(57)58)48(62)33-43(31-37(3)4)54(64)67-34-39-21-19-38(5)20-22-39/h6-9,13-14,16-17,19-26,36-37,42-43,47H,10-12,15,18,27-35,56H2,1-5H3,(H,60,63)(H4,57,58,59)/t42-,43+,47+/m0/s1. The third kappa shape index (κ3) is 15.9. The van der Waals surface area contributed by atoms with Crippen molar-refractivity contribution in [2.45, 2.75) is 105 Å². The molecule has 358 valence electrons. The van der Waals surface area contributed by atoms with Crippen molar-refractivity contribution in [3.8, 4) is 22.6 Å². The first-order chi connectivity index (χ1) is 32.2. The van der Waals surface area contributed by atoms with Gasteiger partial charge in [-0.2, -0.15) is 0 Å². The number of aliphatic imine (C=N–C) groups is 1. The summed E-state index contributed by atoms with van der Waals surface area (Å²) < 4.78 is 18.7. The number of rotatable bonds is 28. The van der Waals surface area contributed by atoms with Crippen molar-refractivity contribution in [3.05, 3.63) is 108 Å². The molecule has 0 saturated carbocycles. The van der Waals surface area contributed by atoms with Gasteiger partial charge in [0.1, 0.15) is 24.7 Å². The molecule has 0 aliphatic carbocycles. The van der Waals surface area contributed by atoms with E-state index >= 15 is 0 Å². The molecule has 0 fully saturated rings. The van der Waals surface area contributed by atoms with Crippen molar-refractivity contribution in [1.29, 1.82) is 0 Å². The number of ether oxygens (including phenoxy) is 3. The number of nitrogens with two attached hydrogens (primary N) is 3. The number of hydrogen-bond donors (Lipinski definition) is 4. The van der Waals surface area contributed by atoms with Gasteiger partial charge in [0, 0.05) is 36.4 Å². The van der Waals surface area contributed by atoms with Gasteiger partial charge in [0.05, 0.1) is 18.6 Å². The Labute approximate surface area is 396 Å². The Bertz CT molecular complexity index is 2440. The van der Waals surface area contributed by atoms with Gasteiger partial charge in [0.15, 0.2) is 17.5 Å². The van der Waals surface area contributed by atoms with E-state index in [0.29, 0.717) is 56.9 Å². The Hall–Kier alpha value is -6.27. The van der Waals surface area contributed by atoms with Crippen LogP contribution in [0.5, 0.6) is 11.5 Å². The first-order valence-electron chi connectivity index (χ1n) is 23.9. The summed E-state index contributed by atoms with van der Waals surface area (Å²) in [4.78, 5) is 60.1. The second kappa shape index (κ2) is 26.2. The highest BCUT2D eigenvalue weighted by Gasteiger charge is 2.32. The largest absolute Gasteiger partial charge is 0.493 e. The number of esters is 1. The number of amides is 1. The van der Waals surface area contributed by atoms with Gasteiger partial charge >= 0.3 is 5.97 Å². The lowest BCUT2D eigenvalue weighted by molar-refractivity contribution is -0.152. The van der Waals surface area contributed by atoms with Crippen LogP contribution in [0.1, 0.15) is 96.6 Å². The highest BCUT2D eigenvalue weighted by molar-refractivity contribution is 6.10. The van der Waals surface area contributed by atoms with E-state index in [2.05, 4.69) is 42.4 Å². The molecule has 0 radical (unpaired) electrons. The number of hydrogen-bond acceptors (Lipinski definition) is 9. The van der Waals surface area contributed by atoms with Crippen LogP contribution in [0.15, 0.2) is 102 Å². The van der Waals surface area contributed by atoms with Crippen LogP contribution in [0.2, 0.25) is 0 Å². The lowest BCUT2D eigenvalue weighted by Gasteiger charge is -2.24. The normalized spacial score (nSPS) is 12.7. The molecular formula is C55H71N5O7. The van der Waals surface area contributed by atoms with Crippen LogP contribution in [0, 0.1) is 30.6 Å². The molecule has 7 N–H and O–H groups in total. The summed E-state index contributed by atoms with van der Waals surface area (Å²) in [5.41, 5.74) is 20.7. The van der Waals surface area contributed by atoms with E-state index in [-0.39, 0.29) is 62.5 Å². The summed E-state index contributed by atoms with van der Waals surface area (Å²) in [6.07, 6.45) is 3.31. The number of nitrogens with one attached hydrogen (secondary N) is 1. The van der Waals surface area contributed by atoms with Crippen LogP contribution in [0.3, 0.4) is 0 Å². The van der Waals surface area contributed by atoms with Gasteiger partial charge < -0.3 is 36.7 Å². The number of guanidine groups is 1. The molecule has 0 aliphatic rings. The third-order valence-corrected chi connectivity index (χ3v) is 11.9. The van der Waals surface area contributed by atoms with Crippen molar-refractivity contribution >= 4 is 50.9 Å². The quantitative estimate of drug-likeness (QED) is 0.0162. The van der Waals surface area contributed by atoms with Gasteiger partial charge in [0.25, 0.3) is 0 Å². The highest BCUT2D eigenvalue weighted by Crippen LogP contribution is 2.45. The van der Waals surface area contributed by atoms with Crippen molar-refractivity contribution < 1.29 is 33.4 Å². The predicted molar refractivity (Wildman–Crippen MR) is 269 cm³/mol. The fourth-order valence-corrected chi connectivity index (χ4v) is 8.30. The van der Waals surface area contributed by atoms with Crippen molar-refractivity contribution in [2.75, 3.05) is 26.3 Å². The summed E-state index contributed by atoms with van der Waals surface area (Å²) in [6, 6.07) is 30.9. The van der Waals surface area contributed by atoms with Crippen LogP contribution >= 0.6 is 0 Å². The molecule has 67 heavy (non-hydrogen) atoms. The zero-order chi connectivity index (χ0) is 48.3. The van der Waals surface area contributed by atoms with Crippen molar-refractivity contribution in [1.82, 2.24) is 5.32 Å². The van der Waals surface area contributed by atoms with E-state index in [1.165, 1.54) is 0 Å². The van der Waals surface area contributed by atoms with Gasteiger partial charge in [-0.25, -0.2) is 0 Å². The minimum Gasteiger partial charge on any atom is -0.493 e. The molecule has 5 rings (SSSR count). The van der Waals surface area contributed by atoms with Crippen LogP contribution in [-0.4, -0.2) is 61.7 Å². The fourth-order valence-electron chi connectivity index (χ4n) is 8.30. The summed E-state index contributed by atoms with van der Waals surface area (Å²) in [5.74, 6) is -1.25. The van der Waals surface area contributed by atoms with Gasteiger partial charge in [-0.15, -0.1) is 0 Å². The summed E-state index contributed by atoms with van der Waals surface area (Å²) in [5, 5.41) is 6.96. The number of aryl methyl sites for hydroxylation is 1. The van der Waals surface area contributed by atoms with Gasteiger partial charge in [0.2, 0.25) is 5.91 Å². The van der Waals surface area contributed by atoms with Crippen LogP contribution in [0.25, 0.3) is 32.7 Å². The van der Waals surface area contributed by atoms with Gasteiger partial charge in [-0.3, -0.25) is 24.2 Å². The topological polar surface area (TPSA) is 198 Å². The molecule has 0 spiro atoms. The molecule has 3 atom stereocenters. The maximum absolute atomic E-state index is 14.3. The van der Waals surface area contributed by atoms with Gasteiger partial charge in [-0.05, 0) is 103 Å². The number of carbonyl (C=O) groups excluding carboxylic acids is 4. The number of unbranched alkanes of at least 4 members (excludes halogenated alkanes) is 1. The molecule has 12 heteroatoms. The minimum atomic E-state index is -0.956. The van der Waals surface area contributed by atoms with E-state index in [0.717, 1.165) is 56.0 Å². The Kier molecular flexibility index (Phi) is 20.2. The predicted octanol–water partition coefficient (Wildman–Crippen LogP) is 9.38. The lowest BCUT2D eigenvalue weighted by Crippen LogP contribution is -2.45. The number of Topliss-reactive ketones (excluding diaryl/α,β-unsaturated/α-hetero) is 2. The van der Waals surface area contributed by atoms with E-state index in [1.807, 2.05) is 99.6 Å². The van der Waals surface area contributed by atoms with Crippen LogP contribution in [0.4, 0.5) is 0 Å². The zero-order valence-electron chi connectivity index (χ0n) is 40.1. The molecule has 0 aromatic heterocycles. The fraction of sp³-hybridized carbons (Fsp3) is 0.436. The van der Waals surface area contributed by atoms with E-state index in [9.17, 15) is 19.2 Å². The molecule has 0 saturated heterocycles. The Balaban J connectivity index is 1.37. The van der Waals surface area contributed by atoms with Crippen LogP contribution in [-0.2, 0) is 30.5 Å². The van der Waals surface area contributed by atoms with Crippen molar-refractivity contribution in [3.63, 3.8) is 0 Å². The highest BCUT2D eigenvalue weighted by atomic mass is 16.5. The Morgan fingerprint density at radius 1 is 0.672 bits per heavy atom. The maximum Gasteiger partial charge on any atom is 0.309 e. The first-order valence-corrected chi connectivity index (χ1v) is 23.9. The number of ketones is 2. The molecule has 5 aromatic carbocycles. The third-order valence-electron chi connectivity index (χ3n) is 11.9. The molecule has 0 bridgehead atoms. The Morgan fingerprint density at radius 3 is 1.90 bits per heavy atom. The van der Waals surface area contributed by atoms with E-state index in [1.54, 1.807) is 0 Å². The summed E-state index contributed by atoms with van der Waals surface area (Å²) >= 11 is 0. The Morgan fingerprint density at radius 2 is 1.30 bits per heavy atom. The average molecular weight is 914 g/mol. The number of fused-ring (bicyclic) bond motifs is 2. The minimum absolute atomic E-state index is 0.0794. The molecule has 0 unspecified atom stereocenters. The van der Waals surface area contributed by atoms with Gasteiger partial charge in [-0.1, -0.05) is 125 Å². The summed E-state index contributed by atoms with van der Waals surface area (Å²) in [7, 11) is 0. The molecule has 0 heterocycles. The molecule has 5 aromatic rings. The second-order valence-electron chi connectivity index (χ2n) is 18.5. The van der Waals surface area contributed by atoms with E-state index in [4.69, 9.17) is 31.4 Å². The molecule has 1 amide bonds. The maximum atomic E-state index is 14.3. The van der Waals surface area contributed by atoms with E-state index < -0.39 is 29.8 Å². The number of nitrogens with zero attached hydrogens (tertiary/aromatic N) is 1. The number of benzene rings is 5. The van der Waals surface area contributed by atoms with Crippen LogP contribution < -0.4 is 32.0 Å². The molecular weight excluding hydrogens is 843 g/mol. The lowest BCUT2D eigenvalue weighted by atomic mass is 9.89. The number of carbonyl (C=O) groups is 4. The second-order valence-corrected chi connectivity index (χ2v) is 18.5. The van der Waals surface area contributed by atoms with Crippen molar-refractivity contribution in [2.24, 2.45) is 45.9 Å². The zero-order valence-corrected chi connectivity index (χ0v) is 40.1. The smallest absolute Gasteiger partial charge is 0.309 e. The SMILES string of the molecule is Cc1ccc(COC(=O)[C@@H](CC(=O)[C@@H](CCCN=C(N)N)NC(=O)[C@@H](CCCCN)CC(=O)COc2ccc3ccccc3c2-c2c(OCCC(C)C)ccc3ccccc23)CC(C)C)cc1.